The van der Waals surface area contributed by atoms with Gasteiger partial charge in [0.25, 0.3) is 0 Å². The topological polar surface area (TPSA) is 0 Å². The zero-order valence-corrected chi connectivity index (χ0v) is 17.4. The van der Waals surface area contributed by atoms with Crippen molar-refractivity contribution in [3.8, 4) is 23.7 Å². The second kappa shape index (κ2) is 13.3. The third-order valence-corrected chi connectivity index (χ3v) is 5.56. The molecule has 0 nitrogen and oxygen atoms in total. The molecule has 0 radical (unpaired) electrons. The molecule has 1 aliphatic rings. The lowest BCUT2D eigenvalue weighted by molar-refractivity contribution is 0.294. The lowest BCUT2D eigenvalue weighted by Gasteiger charge is -2.25. The summed E-state index contributed by atoms with van der Waals surface area (Å²) in [5, 5.41) is 0. The summed E-state index contributed by atoms with van der Waals surface area (Å²) in [6.45, 7) is 4.49. The van der Waals surface area contributed by atoms with Gasteiger partial charge in [-0.2, -0.15) is 0 Å². The molecule has 1 aromatic rings. The van der Waals surface area contributed by atoms with Gasteiger partial charge in [-0.1, -0.05) is 88.2 Å². The first-order chi connectivity index (χ1) is 13.3. The quantitative estimate of drug-likeness (QED) is 0.353. The number of aryl methyl sites for hydroxylation is 1. The highest BCUT2D eigenvalue weighted by atomic mass is 14.2. The molecule has 0 heterocycles. The molecular weight excluding hydrogens is 324 g/mol. The first-order valence-corrected chi connectivity index (χ1v) is 11.1. The van der Waals surface area contributed by atoms with Gasteiger partial charge in [0.1, 0.15) is 0 Å². The summed E-state index contributed by atoms with van der Waals surface area (Å²) >= 11 is 0. The van der Waals surface area contributed by atoms with E-state index in [0.717, 1.165) is 17.9 Å². The Hall–Kier alpha value is -1.92. The highest BCUT2D eigenvalue weighted by molar-refractivity contribution is 5.39. The highest BCUT2D eigenvalue weighted by Gasteiger charge is 2.19. The standard InChI is InChI=1S/C27H36/c1-3-5-6-9-13-25-20-22-27(23-21-25)15-11-8-7-10-14-26-18-16-24(12-4-2)17-19-26/h7-8,16-19,25,27H,3-6,9,12-13,20-23H2,1-2H3. The van der Waals surface area contributed by atoms with E-state index < -0.39 is 0 Å². The van der Waals surface area contributed by atoms with Crippen LogP contribution in [0.5, 0.6) is 0 Å². The van der Waals surface area contributed by atoms with Crippen molar-refractivity contribution in [1.29, 1.82) is 0 Å². The number of unbranched alkanes of at least 4 members (excludes halogenated alkanes) is 3. The van der Waals surface area contributed by atoms with Gasteiger partial charge in [0.2, 0.25) is 0 Å². The monoisotopic (exact) mass is 360 g/mol. The SMILES string of the molecule is CCCCCCC1CCC(C#CC=CC#Cc2ccc(CCC)cc2)CC1. The number of allylic oxidation sites excluding steroid dienone is 2. The molecule has 0 unspecified atom stereocenters. The van der Waals surface area contributed by atoms with E-state index in [1.807, 2.05) is 12.2 Å². The van der Waals surface area contributed by atoms with Crippen molar-refractivity contribution in [2.75, 3.05) is 0 Å². The second-order valence-electron chi connectivity index (χ2n) is 7.91. The summed E-state index contributed by atoms with van der Waals surface area (Å²) in [7, 11) is 0. The summed E-state index contributed by atoms with van der Waals surface area (Å²) in [5.74, 6) is 14.5. The Bertz CT molecular complexity index is 661. The normalized spacial score (nSPS) is 19.2. The van der Waals surface area contributed by atoms with Crippen molar-refractivity contribution in [2.24, 2.45) is 11.8 Å². The fourth-order valence-electron chi connectivity index (χ4n) is 3.87. The van der Waals surface area contributed by atoms with E-state index in [9.17, 15) is 0 Å². The summed E-state index contributed by atoms with van der Waals surface area (Å²) in [6, 6.07) is 8.57. The van der Waals surface area contributed by atoms with Crippen LogP contribution in [0.1, 0.15) is 89.2 Å². The Balaban J connectivity index is 1.67. The Morgan fingerprint density at radius 1 is 0.852 bits per heavy atom. The molecule has 0 aromatic heterocycles. The van der Waals surface area contributed by atoms with E-state index in [4.69, 9.17) is 0 Å². The van der Waals surface area contributed by atoms with Crippen LogP contribution in [0.25, 0.3) is 0 Å². The van der Waals surface area contributed by atoms with Crippen molar-refractivity contribution in [3.05, 3.63) is 47.5 Å². The van der Waals surface area contributed by atoms with Crippen LogP contribution >= 0.6 is 0 Å². The maximum Gasteiger partial charge on any atom is 0.0249 e. The van der Waals surface area contributed by atoms with Gasteiger partial charge >= 0.3 is 0 Å². The highest BCUT2D eigenvalue weighted by Crippen LogP contribution is 2.31. The third kappa shape index (κ3) is 9.02. The molecule has 1 fully saturated rings. The van der Waals surface area contributed by atoms with Crippen molar-refractivity contribution < 1.29 is 0 Å². The number of hydrogen-bond donors (Lipinski definition) is 0. The molecule has 0 aliphatic heterocycles. The number of hydrogen-bond acceptors (Lipinski definition) is 0. The lowest BCUT2D eigenvalue weighted by Crippen LogP contribution is -2.13. The van der Waals surface area contributed by atoms with E-state index in [1.54, 1.807) is 0 Å². The molecule has 144 valence electrons. The average Bonchev–Trinajstić information content (AvgIpc) is 2.70. The van der Waals surface area contributed by atoms with Crippen LogP contribution in [0.4, 0.5) is 0 Å². The van der Waals surface area contributed by atoms with Crippen LogP contribution < -0.4 is 0 Å². The first kappa shape index (κ1) is 21.4. The largest absolute Gasteiger partial charge is 0.0951 e. The van der Waals surface area contributed by atoms with Gasteiger partial charge in [0.05, 0.1) is 0 Å². The molecule has 0 amide bonds. The molecule has 0 spiro atoms. The minimum atomic E-state index is 0.598. The third-order valence-electron chi connectivity index (χ3n) is 5.56. The Kier molecular flexibility index (Phi) is 10.5. The predicted molar refractivity (Wildman–Crippen MR) is 118 cm³/mol. The smallest absolute Gasteiger partial charge is 0.0249 e. The van der Waals surface area contributed by atoms with Gasteiger partial charge in [-0.05, 0) is 67.9 Å². The minimum Gasteiger partial charge on any atom is -0.0951 e. The summed E-state index contributed by atoms with van der Waals surface area (Å²) in [6.07, 6.45) is 18.5. The van der Waals surface area contributed by atoms with Crippen molar-refractivity contribution in [2.45, 2.75) is 84.5 Å². The van der Waals surface area contributed by atoms with Crippen LogP contribution in [-0.2, 0) is 6.42 Å². The van der Waals surface area contributed by atoms with Crippen LogP contribution in [0.2, 0.25) is 0 Å². The number of rotatable bonds is 7. The number of benzene rings is 1. The van der Waals surface area contributed by atoms with E-state index in [1.165, 1.54) is 69.8 Å². The zero-order valence-electron chi connectivity index (χ0n) is 17.4. The van der Waals surface area contributed by atoms with E-state index >= 15 is 0 Å². The summed E-state index contributed by atoms with van der Waals surface area (Å²) in [4.78, 5) is 0. The summed E-state index contributed by atoms with van der Waals surface area (Å²) < 4.78 is 0. The first-order valence-electron chi connectivity index (χ1n) is 11.1. The van der Waals surface area contributed by atoms with E-state index in [2.05, 4.69) is 61.8 Å². The molecule has 0 heteroatoms. The molecule has 1 aromatic carbocycles. The van der Waals surface area contributed by atoms with Gasteiger partial charge in [-0.15, -0.1) is 0 Å². The molecular formula is C27H36. The minimum absolute atomic E-state index is 0.598. The predicted octanol–water partition coefficient (Wildman–Crippen LogP) is 7.33. The molecule has 27 heavy (non-hydrogen) atoms. The molecule has 0 saturated heterocycles. The van der Waals surface area contributed by atoms with Crippen molar-refractivity contribution >= 4 is 0 Å². The van der Waals surface area contributed by atoms with Gasteiger partial charge < -0.3 is 0 Å². The van der Waals surface area contributed by atoms with Crippen LogP contribution in [0.15, 0.2) is 36.4 Å². The molecule has 1 aliphatic carbocycles. The molecule has 0 bridgehead atoms. The molecule has 1 saturated carbocycles. The Morgan fingerprint density at radius 2 is 1.59 bits per heavy atom. The molecule has 2 rings (SSSR count). The molecule has 0 atom stereocenters. The Morgan fingerprint density at radius 3 is 2.30 bits per heavy atom. The van der Waals surface area contributed by atoms with E-state index in [-0.39, 0.29) is 0 Å². The maximum absolute atomic E-state index is 3.43. The van der Waals surface area contributed by atoms with Gasteiger partial charge in [0.15, 0.2) is 0 Å². The van der Waals surface area contributed by atoms with Crippen LogP contribution in [-0.4, -0.2) is 0 Å². The fraction of sp³-hybridized carbons (Fsp3) is 0.556. The van der Waals surface area contributed by atoms with Gasteiger partial charge in [-0.3, -0.25) is 0 Å². The lowest BCUT2D eigenvalue weighted by atomic mass is 9.80. The Labute approximate surface area is 167 Å². The van der Waals surface area contributed by atoms with Crippen LogP contribution in [0.3, 0.4) is 0 Å². The van der Waals surface area contributed by atoms with Crippen LogP contribution in [0, 0.1) is 35.5 Å². The van der Waals surface area contributed by atoms with Crippen molar-refractivity contribution in [1.82, 2.24) is 0 Å². The van der Waals surface area contributed by atoms with E-state index in [0.29, 0.717) is 5.92 Å². The second-order valence-corrected chi connectivity index (χ2v) is 7.91. The fourth-order valence-corrected chi connectivity index (χ4v) is 3.87. The zero-order chi connectivity index (χ0) is 19.2. The average molecular weight is 361 g/mol. The van der Waals surface area contributed by atoms with Gasteiger partial charge in [0, 0.05) is 11.5 Å². The molecule has 0 N–H and O–H groups in total. The van der Waals surface area contributed by atoms with Gasteiger partial charge in [-0.25, -0.2) is 0 Å². The maximum atomic E-state index is 3.43. The van der Waals surface area contributed by atoms with Crippen molar-refractivity contribution in [3.63, 3.8) is 0 Å². The summed E-state index contributed by atoms with van der Waals surface area (Å²) in [5.41, 5.74) is 2.46.